The molecule has 1 aliphatic heterocycles. The summed E-state index contributed by atoms with van der Waals surface area (Å²) in [5.41, 5.74) is 3.35. The molecule has 0 aliphatic carbocycles. The lowest BCUT2D eigenvalue weighted by molar-refractivity contribution is 0.480. The van der Waals surface area contributed by atoms with E-state index in [2.05, 4.69) is 36.4 Å². The first-order valence-corrected chi connectivity index (χ1v) is 11.8. The molecule has 28 heavy (non-hydrogen) atoms. The second-order valence-corrected chi connectivity index (χ2v) is 10.4. The summed E-state index contributed by atoms with van der Waals surface area (Å²) in [7, 11) is -0.878. The van der Waals surface area contributed by atoms with Crippen molar-refractivity contribution in [1.29, 1.82) is 0 Å². The van der Waals surface area contributed by atoms with Crippen molar-refractivity contribution in [2.45, 2.75) is 6.54 Å². The van der Waals surface area contributed by atoms with E-state index in [0.29, 0.717) is 6.54 Å². The second kappa shape index (κ2) is 8.36. The van der Waals surface area contributed by atoms with E-state index >= 15 is 0 Å². The Balaban J connectivity index is 1.74. The number of benzene rings is 3. The van der Waals surface area contributed by atoms with Gasteiger partial charge >= 0.3 is 0 Å². The zero-order valence-electron chi connectivity index (χ0n) is 15.7. The van der Waals surface area contributed by atoms with Crippen molar-refractivity contribution in [1.82, 2.24) is 4.67 Å². The van der Waals surface area contributed by atoms with Crippen LogP contribution in [0.5, 0.6) is 0 Å². The highest BCUT2D eigenvalue weighted by molar-refractivity contribution is 8.17. The fourth-order valence-corrected chi connectivity index (χ4v) is 7.07. The Bertz CT molecular complexity index is 986. The summed E-state index contributed by atoms with van der Waals surface area (Å²) in [5.74, 6) is 3.92. The highest BCUT2D eigenvalue weighted by Gasteiger charge is 2.29. The highest BCUT2D eigenvalue weighted by atomic mass is 32.2. The zero-order valence-corrected chi connectivity index (χ0v) is 17.4. The molecule has 0 N–H and O–H groups in total. The lowest BCUT2D eigenvalue weighted by atomic mass is 10.2. The van der Waals surface area contributed by atoms with Gasteiger partial charge in [0.1, 0.15) is 0 Å². The zero-order chi connectivity index (χ0) is 19.4. The fourth-order valence-electron chi connectivity index (χ4n) is 3.17. The van der Waals surface area contributed by atoms with Crippen LogP contribution in [-0.4, -0.2) is 11.7 Å². The van der Waals surface area contributed by atoms with Gasteiger partial charge in [0.25, 0.3) is 0 Å². The average molecular weight is 403 g/mol. The maximum atomic E-state index is 14.1. The van der Waals surface area contributed by atoms with Gasteiger partial charge in [-0.25, -0.2) is 4.67 Å². The third-order valence-corrected chi connectivity index (χ3v) is 8.69. The van der Waals surface area contributed by atoms with E-state index in [1.165, 1.54) is 0 Å². The Labute approximate surface area is 171 Å². The SMILES string of the molecule is CN(Cc1ccccc1)P1(=O)C=C(c2ccccc2)SC(c2ccccc2)=C1. The van der Waals surface area contributed by atoms with Crippen molar-refractivity contribution in [3.8, 4) is 0 Å². The summed E-state index contributed by atoms with van der Waals surface area (Å²) in [6, 6.07) is 30.6. The average Bonchev–Trinajstić information content (AvgIpc) is 2.75. The van der Waals surface area contributed by atoms with Crippen LogP contribution in [0.2, 0.25) is 0 Å². The van der Waals surface area contributed by atoms with Gasteiger partial charge in [0.05, 0.1) is 0 Å². The minimum absolute atomic E-state index is 0.639. The molecular formula is C24H22NOPS. The van der Waals surface area contributed by atoms with Gasteiger partial charge < -0.3 is 0 Å². The molecule has 2 nitrogen and oxygen atoms in total. The quantitative estimate of drug-likeness (QED) is 0.422. The molecule has 0 unspecified atom stereocenters. The summed E-state index contributed by atoms with van der Waals surface area (Å²) in [6.45, 7) is 0.639. The van der Waals surface area contributed by atoms with E-state index in [0.717, 1.165) is 26.5 Å². The van der Waals surface area contributed by atoms with Crippen LogP contribution in [0.3, 0.4) is 0 Å². The molecule has 3 aromatic carbocycles. The van der Waals surface area contributed by atoms with Crippen LogP contribution in [0.4, 0.5) is 0 Å². The number of rotatable bonds is 5. The van der Waals surface area contributed by atoms with Crippen LogP contribution in [0.1, 0.15) is 16.7 Å². The predicted octanol–water partition coefficient (Wildman–Crippen LogP) is 7.14. The minimum Gasteiger partial charge on any atom is -0.297 e. The van der Waals surface area contributed by atoms with Crippen LogP contribution in [0.15, 0.2) is 103 Å². The molecule has 0 bridgehead atoms. The van der Waals surface area contributed by atoms with Crippen LogP contribution in [-0.2, 0) is 11.1 Å². The van der Waals surface area contributed by atoms with Crippen molar-refractivity contribution < 1.29 is 4.57 Å². The Morgan fingerprint density at radius 3 is 1.61 bits per heavy atom. The Morgan fingerprint density at radius 1 is 0.714 bits per heavy atom. The van der Waals surface area contributed by atoms with Crippen LogP contribution >= 0.6 is 19.1 Å². The van der Waals surface area contributed by atoms with Gasteiger partial charge in [0, 0.05) is 28.0 Å². The fraction of sp³-hybridized carbons (Fsp3) is 0.0833. The molecular weight excluding hydrogens is 381 g/mol. The smallest absolute Gasteiger partial charge is 0.195 e. The van der Waals surface area contributed by atoms with Gasteiger partial charge in [-0.15, -0.1) is 0 Å². The van der Waals surface area contributed by atoms with Gasteiger partial charge in [0.15, 0.2) is 7.29 Å². The van der Waals surface area contributed by atoms with E-state index < -0.39 is 7.29 Å². The number of nitrogens with zero attached hydrogens (tertiary/aromatic N) is 1. The van der Waals surface area contributed by atoms with E-state index in [1.807, 2.05) is 77.9 Å². The Kier molecular flexibility index (Phi) is 5.68. The number of thioether (sulfide) groups is 1. The molecule has 1 heterocycles. The topological polar surface area (TPSA) is 20.3 Å². The first-order valence-electron chi connectivity index (χ1n) is 9.23. The molecule has 0 saturated heterocycles. The third-order valence-electron chi connectivity index (χ3n) is 4.73. The maximum absolute atomic E-state index is 14.1. The maximum Gasteiger partial charge on any atom is 0.195 e. The largest absolute Gasteiger partial charge is 0.297 e. The van der Waals surface area contributed by atoms with Crippen molar-refractivity contribution in [3.63, 3.8) is 0 Å². The van der Waals surface area contributed by atoms with Gasteiger partial charge in [-0.3, -0.25) is 4.57 Å². The molecule has 140 valence electrons. The van der Waals surface area contributed by atoms with Crippen molar-refractivity contribution in [2.24, 2.45) is 0 Å². The molecule has 4 rings (SSSR count). The van der Waals surface area contributed by atoms with Gasteiger partial charge in [-0.1, -0.05) is 103 Å². The number of hydrogen-bond acceptors (Lipinski definition) is 2. The lowest BCUT2D eigenvalue weighted by Crippen LogP contribution is -2.13. The Hall–Kier alpha value is -2.32. The van der Waals surface area contributed by atoms with Crippen molar-refractivity contribution in [3.05, 3.63) is 119 Å². The van der Waals surface area contributed by atoms with Crippen LogP contribution in [0.25, 0.3) is 9.81 Å². The van der Waals surface area contributed by atoms with Crippen molar-refractivity contribution >= 4 is 28.9 Å². The van der Waals surface area contributed by atoms with Gasteiger partial charge in [-0.05, 0) is 23.7 Å². The third kappa shape index (κ3) is 4.23. The molecule has 0 spiro atoms. The summed E-state index contributed by atoms with van der Waals surface area (Å²) < 4.78 is 16.0. The van der Waals surface area contributed by atoms with Gasteiger partial charge in [-0.2, -0.15) is 0 Å². The molecule has 4 heteroatoms. The molecule has 0 atom stereocenters. The molecule has 0 saturated carbocycles. The van der Waals surface area contributed by atoms with Crippen molar-refractivity contribution in [2.75, 3.05) is 7.05 Å². The number of hydrogen-bond donors (Lipinski definition) is 0. The normalized spacial score (nSPS) is 15.8. The van der Waals surface area contributed by atoms with E-state index in [-0.39, 0.29) is 0 Å². The van der Waals surface area contributed by atoms with E-state index in [4.69, 9.17) is 0 Å². The summed E-state index contributed by atoms with van der Waals surface area (Å²) >= 11 is 1.69. The molecule has 0 amide bonds. The first-order chi connectivity index (χ1) is 13.6. The summed E-state index contributed by atoms with van der Waals surface area (Å²) in [6.07, 6.45) is 0. The summed E-state index contributed by atoms with van der Waals surface area (Å²) in [4.78, 5) is 2.09. The van der Waals surface area contributed by atoms with E-state index in [9.17, 15) is 4.57 Å². The molecule has 3 aromatic rings. The second-order valence-electron chi connectivity index (χ2n) is 6.79. The van der Waals surface area contributed by atoms with E-state index in [1.54, 1.807) is 11.8 Å². The molecule has 0 aromatic heterocycles. The van der Waals surface area contributed by atoms with Crippen LogP contribution < -0.4 is 0 Å². The molecule has 0 radical (unpaired) electrons. The van der Waals surface area contributed by atoms with Gasteiger partial charge in [0.2, 0.25) is 0 Å². The molecule has 0 fully saturated rings. The standard InChI is InChI=1S/C24H22NOPS/c1-25(17-20-11-5-2-6-12-20)27(26)18-23(21-13-7-3-8-14-21)28-24(19-27)22-15-9-4-10-16-22/h2-16,18-19H,17H2,1H3. The monoisotopic (exact) mass is 403 g/mol. The predicted molar refractivity (Wildman–Crippen MR) is 122 cm³/mol. The molecule has 1 aliphatic rings. The first kappa shape index (κ1) is 19.0. The lowest BCUT2D eigenvalue weighted by Gasteiger charge is -2.28. The highest BCUT2D eigenvalue weighted by Crippen LogP contribution is 2.62. The summed E-state index contributed by atoms with van der Waals surface area (Å²) in [5, 5.41) is 0. The van der Waals surface area contributed by atoms with Crippen LogP contribution in [0, 0.1) is 0 Å². The Morgan fingerprint density at radius 2 is 1.14 bits per heavy atom. The minimum atomic E-state index is -2.82.